The van der Waals surface area contributed by atoms with Crippen molar-refractivity contribution >= 4 is 12.0 Å². The molecule has 1 saturated heterocycles. The number of hydrogen-bond donors (Lipinski definition) is 2. The summed E-state index contributed by atoms with van der Waals surface area (Å²) in [5.41, 5.74) is 0.824. The van der Waals surface area contributed by atoms with Crippen molar-refractivity contribution in [2.45, 2.75) is 25.4 Å². The lowest BCUT2D eigenvalue weighted by Gasteiger charge is -2.21. The number of hydrogen-bond acceptors (Lipinski definition) is 4. The molecule has 2 heterocycles. The molecule has 0 bridgehead atoms. The van der Waals surface area contributed by atoms with E-state index in [4.69, 9.17) is 9.84 Å². The predicted octanol–water partition coefficient (Wildman–Crippen LogP) is 0.849. The van der Waals surface area contributed by atoms with E-state index in [1.165, 1.54) is 12.0 Å². The Balaban J connectivity index is 1.89. The number of ether oxygens (including phenoxy) is 1. The number of carbonyl (C=O) groups excluding carboxylic acids is 1. The fourth-order valence-electron chi connectivity index (χ4n) is 2.18. The highest BCUT2D eigenvalue weighted by atomic mass is 16.5. The molecule has 2 amide bonds. The first-order chi connectivity index (χ1) is 9.61. The van der Waals surface area contributed by atoms with E-state index in [1.807, 2.05) is 0 Å². The van der Waals surface area contributed by atoms with Gasteiger partial charge in [0, 0.05) is 25.4 Å². The average Bonchev–Trinajstić information content (AvgIpc) is 2.95. The zero-order valence-corrected chi connectivity index (χ0v) is 11.2. The Labute approximate surface area is 116 Å². The topological polar surface area (TPSA) is 91.8 Å². The monoisotopic (exact) mass is 279 g/mol. The summed E-state index contributed by atoms with van der Waals surface area (Å²) in [5, 5.41) is 11.7. The molecule has 1 atom stereocenters. The van der Waals surface area contributed by atoms with Crippen molar-refractivity contribution in [3.8, 4) is 5.88 Å². The molecule has 0 unspecified atom stereocenters. The van der Waals surface area contributed by atoms with E-state index < -0.39 is 12.0 Å². The van der Waals surface area contributed by atoms with E-state index in [-0.39, 0.29) is 6.03 Å². The summed E-state index contributed by atoms with van der Waals surface area (Å²) in [7, 11) is 1.53. The third-order valence-electron chi connectivity index (χ3n) is 3.25. The van der Waals surface area contributed by atoms with Crippen LogP contribution in [0.15, 0.2) is 18.3 Å². The van der Waals surface area contributed by atoms with Gasteiger partial charge in [-0.05, 0) is 18.4 Å². The molecular formula is C13H17N3O4. The number of nitrogens with zero attached hydrogens (tertiary/aromatic N) is 2. The van der Waals surface area contributed by atoms with Gasteiger partial charge in [-0.3, -0.25) is 0 Å². The Morgan fingerprint density at radius 1 is 1.55 bits per heavy atom. The van der Waals surface area contributed by atoms with Gasteiger partial charge >= 0.3 is 12.0 Å². The molecule has 2 N–H and O–H groups in total. The van der Waals surface area contributed by atoms with Crippen molar-refractivity contribution in [2.24, 2.45) is 0 Å². The Kier molecular flexibility index (Phi) is 4.39. The number of urea groups is 1. The predicted molar refractivity (Wildman–Crippen MR) is 70.4 cm³/mol. The van der Waals surface area contributed by atoms with Crippen LogP contribution in [-0.2, 0) is 11.3 Å². The smallest absolute Gasteiger partial charge is 0.326 e. The number of amides is 2. The number of rotatable bonds is 4. The van der Waals surface area contributed by atoms with E-state index in [0.717, 1.165) is 5.56 Å². The quantitative estimate of drug-likeness (QED) is 0.852. The first-order valence-corrected chi connectivity index (χ1v) is 6.38. The molecule has 0 radical (unpaired) electrons. The maximum atomic E-state index is 12.0. The normalized spacial score (nSPS) is 17.9. The van der Waals surface area contributed by atoms with E-state index >= 15 is 0 Å². The van der Waals surface area contributed by atoms with Gasteiger partial charge in [-0.2, -0.15) is 0 Å². The molecule has 2 rings (SSSR count). The van der Waals surface area contributed by atoms with Gasteiger partial charge in [-0.1, -0.05) is 6.07 Å². The second-order valence-corrected chi connectivity index (χ2v) is 4.56. The summed E-state index contributed by atoms with van der Waals surface area (Å²) in [5.74, 6) is -0.450. The van der Waals surface area contributed by atoms with Gasteiger partial charge in [0.25, 0.3) is 0 Å². The van der Waals surface area contributed by atoms with E-state index in [9.17, 15) is 9.59 Å². The minimum absolute atomic E-state index is 0.304. The molecule has 7 heteroatoms. The molecule has 1 aliphatic heterocycles. The third kappa shape index (κ3) is 3.17. The average molecular weight is 279 g/mol. The number of aliphatic carboxylic acids is 1. The molecule has 7 nitrogen and oxygen atoms in total. The second-order valence-electron chi connectivity index (χ2n) is 4.56. The molecule has 0 aromatic carbocycles. The minimum atomic E-state index is -0.955. The van der Waals surface area contributed by atoms with Crippen LogP contribution in [0.3, 0.4) is 0 Å². The van der Waals surface area contributed by atoms with Gasteiger partial charge in [0.05, 0.1) is 7.11 Å². The molecular weight excluding hydrogens is 262 g/mol. The number of aromatic nitrogens is 1. The summed E-state index contributed by atoms with van der Waals surface area (Å²) in [6.07, 6.45) is 2.83. The number of carbonyl (C=O) groups is 2. The van der Waals surface area contributed by atoms with E-state index in [1.54, 1.807) is 18.3 Å². The number of likely N-dealkylation sites (tertiary alicyclic amines) is 1. The standard InChI is InChI=1S/C13H17N3O4/c1-20-11-5-4-9(7-14-11)8-15-13(19)16-6-2-3-10(16)12(17)18/h4-5,7,10H,2-3,6,8H2,1H3,(H,15,19)(H,17,18)/t10-/m1/s1. The molecule has 1 aromatic rings. The first kappa shape index (κ1) is 14.1. The van der Waals surface area contributed by atoms with E-state index in [0.29, 0.717) is 31.8 Å². The van der Waals surface area contributed by atoms with Crippen LogP contribution in [0.25, 0.3) is 0 Å². The number of nitrogens with one attached hydrogen (secondary N) is 1. The maximum Gasteiger partial charge on any atom is 0.326 e. The lowest BCUT2D eigenvalue weighted by molar-refractivity contribution is -0.141. The van der Waals surface area contributed by atoms with Gasteiger partial charge in [-0.15, -0.1) is 0 Å². The largest absolute Gasteiger partial charge is 0.481 e. The molecule has 1 aromatic heterocycles. The van der Waals surface area contributed by atoms with Crippen LogP contribution in [0.4, 0.5) is 4.79 Å². The van der Waals surface area contributed by atoms with Crippen molar-refractivity contribution < 1.29 is 19.4 Å². The van der Waals surface area contributed by atoms with Crippen molar-refractivity contribution in [2.75, 3.05) is 13.7 Å². The van der Waals surface area contributed by atoms with Crippen molar-refractivity contribution in [3.63, 3.8) is 0 Å². The van der Waals surface area contributed by atoms with Gasteiger partial charge in [0.1, 0.15) is 6.04 Å². The van der Waals surface area contributed by atoms with Crippen LogP contribution < -0.4 is 10.1 Å². The fourth-order valence-corrected chi connectivity index (χ4v) is 2.18. The molecule has 1 fully saturated rings. The maximum absolute atomic E-state index is 12.0. The Morgan fingerprint density at radius 3 is 2.95 bits per heavy atom. The van der Waals surface area contributed by atoms with Crippen LogP contribution in [-0.4, -0.2) is 46.7 Å². The van der Waals surface area contributed by atoms with Gasteiger partial charge < -0.3 is 20.1 Å². The minimum Gasteiger partial charge on any atom is -0.481 e. The lowest BCUT2D eigenvalue weighted by atomic mass is 10.2. The molecule has 1 aliphatic rings. The van der Waals surface area contributed by atoms with Crippen LogP contribution >= 0.6 is 0 Å². The first-order valence-electron chi connectivity index (χ1n) is 6.38. The number of pyridine rings is 1. The van der Waals surface area contributed by atoms with Gasteiger partial charge in [-0.25, -0.2) is 14.6 Å². The van der Waals surface area contributed by atoms with E-state index in [2.05, 4.69) is 10.3 Å². The van der Waals surface area contributed by atoms with Crippen LogP contribution in [0.1, 0.15) is 18.4 Å². The highest BCUT2D eigenvalue weighted by molar-refractivity contribution is 5.83. The number of carboxylic acids is 1. The Bertz CT molecular complexity index is 489. The van der Waals surface area contributed by atoms with Crippen molar-refractivity contribution in [1.82, 2.24) is 15.2 Å². The van der Waals surface area contributed by atoms with Gasteiger partial charge in [0.15, 0.2) is 0 Å². The van der Waals surface area contributed by atoms with Crippen molar-refractivity contribution in [3.05, 3.63) is 23.9 Å². The van der Waals surface area contributed by atoms with Crippen molar-refractivity contribution in [1.29, 1.82) is 0 Å². The summed E-state index contributed by atoms with van der Waals surface area (Å²) in [6.45, 7) is 0.780. The molecule has 20 heavy (non-hydrogen) atoms. The van der Waals surface area contributed by atoms with Crippen LogP contribution in [0.2, 0.25) is 0 Å². The number of carboxylic acid groups (broad SMARTS) is 1. The molecule has 0 aliphatic carbocycles. The molecule has 0 spiro atoms. The highest BCUT2D eigenvalue weighted by Gasteiger charge is 2.33. The number of methoxy groups -OCH3 is 1. The van der Waals surface area contributed by atoms with Crippen LogP contribution in [0.5, 0.6) is 5.88 Å². The molecule has 0 saturated carbocycles. The zero-order chi connectivity index (χ0) is 14.5. The summed E-state index contributed by atoms with van der Waals surface area (Å²) >= 11 is 0. The second kappa shape index (κ2) is 6.23. The lowest BCUT2D eigenvalue weighted by Crippen LogP contribution is -2.45. The summed E-state index contributed by atoms with van der Waals surface area (Å²) in [6, 6.07) is 2.43. The Hall–Kier alpha value is -2.31. The summed E-state index contributed by atoms with van der Waals surface area (Å²) in [4.78, 5) is 28.4. The fraction of sp³-hybridized carbons (Fsp3) is 0.462. The SMILES string of the molecule is COc1ccc(CNC(=O)N2CCC[C@@H]2C(=O)O)cn1. The Morgan fingerprint density at radius 2 is 2.35 bits per heavy atom. The van der Waals surface area contributed by atoms with Gasteiger partial charge in [0.2, 0.25) is 5.88 Å². The third-order valence-corrected chi connectivity index (χ3v) is 3.25. The van der Waals surface area contributed by atoms with Crippen LogP contribution in [0, 0.1) is 0 Å². The highest BCUT2D eigenvalue weighted by Crippen LogP contribution is 2.17. The zero-order valence-electron chi connectivity index (χ0n) is 11.2. The molecule has 108 valence electrons. The summed E-state index contributed by atoms with van der Waals surface area (Å²) < 4.78 is 4.94.